The summed E-state index contributed by atoms with van der Waals surface area (Å²) in [5, 5.41) is 0.409. The second-order valence-electron chi connectivity index (χ2n) is 3.37. The Hall–Kier alpha value is -0.970. The molecule has 2 nitrogen and oxygen atoms in total. The van der Waals surface area contributed by atoms with Crippen molar-refractivity contribution in [2.75, 3.05) is 18.0 Å². The molecular weight excluding hydrogens is 241 g/mol. The molecule has 1 aromatic heterocycles. The Morgan fingerprint density at radius 1 is 1.38 bits per heavy atom. The first-order chi connectivity index (χ1) is 7.42. The zero-order valence-electron chi connectivity index (χ0n) is 8.76. The van der Waals surface area contributed by atoms with E-state index in [1.54, 1.807) is 0 Å². The van der Waals surface area contributed by atoms with Crippen molar-refractivity contribution in [2.45, 2.75) is 19.5 Å². The first-order valence-corrected chi connectivity index (χ1v) is 5.23. The van der Waals surface area contributed by atoms with E-state index in [9.17, 15) is 13.2 Å². The molecule has 0 aromatic carbocycles. The summed E-state index contributed by atoms with van der Waals surface area (Å²) in [7, 11) is 0. The van der Waals surface area contributed by atoms with Crippen molar-refractivity contribution < 1.29 is 13.2 Å². The number of anilines is 1. The fourth-order valence-corrected chi connectivity index (χ4v) is 1.43. The topological polar surface area (TPSA) is 16.1 Å². The van der Waals surface area contributed by atoms with E-state index in [0.717, 1.165) is 0 Å². The summed E-state index contributed by atoms with van der Waals surface area (Å²) in [5.74, 6) is 0.295. The summed E-state index contributed by atoms with van der Waals surface area (Å²) in [4.78, 5) is 5.07. The van der Waals surface area contributed by atoms with Crippen LogP contribution in [0.5, 0.6) is 0 Å². The molecule has 0 N–H and O–H groups in total. The van der Waals surface area contributed by atoms with Crippen molar-refractivity contribution in [2.24, 2.45) is 0 Å². The summed E-state index contributed by atoms with van der Waals surface area (Å²) in [6.07, 6.45) is -2.26. The molecule has 0 atom stereocenters. The van der Waals surface area contributed by atoms with Gasteiger partial charge in [-0.1, -0.05) is 18.5 Å². The number of alkyl halides is 3. The molecule has 0 saturated carbocycles. The molecule has 90 valence electrons. The van der Waals surface area contributed by atoms with Crippen LogP contribution in [0, 0.1) is 0 Å². The van der Waals surface area contributed by atoms with Crippen molar-refractivity contribution in [3.05, 3.63) is 23.4 Å². The monoisotopic (exact) mass is 252 g/mol. The van der Waals surface area contributed by atoms with Crippen molar-refractivity contribution in [3.8, 4) is 0 Å². The lowest BCUT2D eigenvalue weighted by Crippen LogP contribution is -2.35. The van der Waals surface area contributed by atoms with Gasteiger partial charge in [0, 0.05) is 12.7 Å². The standard InChI is InChI=1S/C10H12ClF3N2/c1-2-5-16(7-10(12,13)14)9-4-3-8(11)6-15-9/h3-4,6H,2,5,7H2,1H3. The highest BCUT2D eigenvalue weighted by Crippen LogP contribution is 2.21. The van der Waals surface area contributed by atoms with Crippen molar-refractivity contribution in [3.63, 3.8) is 0 Å². The molecule has 0 bridgehead atoms. The molecule has 0 radical (unpaired) electrons. The second kappa shape index (κ2) is 5.39. The Bertz CT molecular complexity index is 324. The molecule has 0 unspecified atom stereocenters. The van der Waals surface area contributed by atoms with Gasteiger partial charge >= 0.3 is 6.18 Å². The Morgan fingerprint density at radius 2 is 2.06 bits per heavy atom. The molecule has 0 spiro atoms. The van der Waals surface area contributed by atoms with Crippen LogP contribution >= 0.6 is 11.6 Å². The number of hydrogen-bond donors (Lipinski definition) is 0. The van der Waals surface area contributed by atoms with Gasteiger partial charge in [0.25, 0.3) is 0 Å². The summed E-state index contributed by atoms with van der Waals surface area (Å²) in [6, 6.07) is 3.02. The molecule has 1 rings (SSSR count). The highest BCUT2D eigenvalue weighted by molar-refractivity contribution is 6.30. The zero-order chi connectivity index (χ0) is 12.2. The number of pyridine rings is 1. The highest BCUT2D eigenvalue weighted by Gasteiger charge is 2.30. The summed E-state index contributed by atoms with van der Waals surface area (Å²) in [5.41, 5.74) is 0. The third kappa shape index (κ3) is 4.26. The smallest absolute Gasteiger partial charge is 0.348 e. The van der Waals surface area contributed by atoms with Gasteiger partial charge in [0.05, 0.1) is 5.02 Å². The number of halogens is 4. The minimum Gasteiger partial charge on any atom is -0.348 e. The quantitative estimate of drug-likeness (QED) is 0.815. The Morgan fingerprint density at radius 3 is 2.50 bits per heavy atom. The predicted octanol–water partition coefficient (Wildman–Crippen LogP) is 3.51. The van der Waals surface area contributed by atoms with Crippen LogP contribution in [0.1, 0.15) is 13.3 Å². The summed E-state index contributed by atoms with van der Waals surface area (Å²) in [6.45, 7) is 1.14. The van der Waals surface area contributed by atoms with Crippen molar-refractivity contribution in [1.82, 2.24) is 4.98 Å². The molecular formula is C10H12ClF3N2. The maximum absolute atomic E-state index is 12.3. The van der Waals surface area contributed by atoms with Crippen molar-refractivity contribution in [1.29, 1.82) is 0 Å². The largest absolute Gasteiger partial charge is 0.405 e. The fraction of sp³-hybridized carbons (Fsp3) is 0.500. The van der Waals surface area contributed by atoms with E-state index in [1.807, 2.05) is 6.92 Å². The molecule has 1 aromatic rings. The first-order valence-electron chi connectivity index (χ1n) is 4.85. The molecule has 6 heteroatoms. The lowest BCUT2D eigenvalue weighted by atomic mass is 10.3. The van der Waals surface area contributed by atoms with Crippen LogP contribution in [0.15, 0.2) is 18.3 Å². The number of aromatic nitrogens is 1. The molecule has 0 amide bonds. The van der Waals surface area contributed by atoms with Crippen LogP contribution in [0.4, 0.5) is 19.0 Å². The van der Waals surface area contributed by atoms with E-state index < -0.39 is 12.7 Å². The molecule has 0 fully saturated rings. The third-order valence-electron chi connectivity index (χ3n) is 1.90. The highest BCUT2D eigenvalue weighted by atomic mass is 35.5. The predicted molar refractivity (Wildman–Crippen MR) is 57.8 cm³/mol. The van der Waals surface area contributed by atoms with Crippen LogP contribution in [0.2, 0.25) is 5.02 Å². The Kier molecular flexibility index (Phi) is 4.41. The lowest BCUT2D eigenvalue weighted by Gasteiger charge is -2.24. The molecule has 0 aliphatic rings. The van der Waals surface area contributed by atoms with Gasteiger partial charge in [-0.3, -0.25) is 0 Å². The van der Waals surface area contributed by atoms with Gasteiger partial charge in [-0.05, 0) is 18.6 Å². The average molecular weight is 253 g/mol. The van der Waals surface area contributed by atoms with Crippen LogP contribution in [-0.2, 0) is 0 Å². The number of hydrogen-bond acceptors (Lipinski definition) is 2. The van der Waals surface area contributed by atoms with Gasteiger partial charge < -0.3 is 4.90 Å². The molecule has 16 heavy (non-hydrogen) atoms. The van der Waals surface area contributed by atoms with E-state index in [2.05, 4.69) is 4.98 Å². The van der Waals surface area contributed by atoms with E-state index in [4.69, 9.17) is 11.6 Å². The molecule has 0 saturated heterocycles. The fourth-order valence-electron chi connectivity index (χ4n) is 1.32. The van der Waals surface area contributed by atoms with Gasteiger partial charge in [0.1, 0.15) is 12.4 Å². The summed E-state index contributed by atoms with van der Waals surface area (Å²) >= 11 is 5.62. The molecule has 1 heterocycles. The lowest BCUT2D eigenvalue weighted by molar-refractivity contribution is -0.119. The third-order valence-corrected chi connectivity index (χ3v) is 2.12. The summed E-state index contributed by atoms with van der Waals surface area (Å²) < 4.78 is 36.9. The van der Waals surface area contributed by atoms with Gasteiger partial charge in [0.2, 0.25) is 0 Å². The van der Waals surface area contributed by atoms with E-state index in [1.165, 1.54) is 23.2 Å². The minimum absolute atomic E-state index is 0.295. The van der Waals surface area contributed by atoms with Gasteiger partial charge in [-0.25, -0.2) is 4.98 Å². The maximum Gasteiger partial charge on any atom is 0.405 e. The van der Waals surface area contributed by atoms with Gasteiger partial charge in [-0.2, -0.15) is 13.2 Å². The first kappa shape index (κ1) is 13.1. The average Bonchev–Trinajstić information content (AvgIpc) is 2.16. The Balaban J connectivity index is 2.80. The maximum atomic E-state index is 12.3. The molecule has 0 aliphatic heterocycles. The van der Waals surface area contributed by atoms with Gasteiger partial charge in [0.15, 0.2) is 0 Å². The van der Waals surface area contributed by atoms with Crippen molar-refractivity contribution >= 4 is 17.4 Å². The van der Waals surface area contributed by atoms with E-state index in [0.29, 0.717) is 23.8 Å². The minimum atomic E-state index is -4.23. The van der Waals surface area contributed by atoms with E-state index in [-0.39, 0.29) is 0 Å². The SMILES string of the molecule is CCCN(CC(F)(F)F)c1ccc(Cl)cn1. The second-order valence-corrected chi connectivity index (χ2v) is 3.81. The van der Waals surface area contributed by atoms with E-state index >= 15 is 0 Å². The zero-order valence-corrected chi connectivity index (χ0v) is 9.52. The van der Waals surface area contributed by atoms with Crippen LogP contribution in [0.25, 0.3) is 0 Å². The van der Waals surface area contributed by atoms with Crippen LogP contribution in [0.3, 0.4) is 0 Å². The van der Waals surface area contributed by atoms with Gasteiger partial charge in [-0.15, -0.1) is 0 Å². The Labute approximate surface area is 97.0 Å². The normalized spacial score (nSPS) is 11.6. The molecule has 0 aliphatic carbocycles. The number of nitrogens with zero attached hydrogens (tertiary/aromatic N) is 2. The van der Waals surface area contributed by atoms with Crippen LogP contribution in [-0.4, -0.2) is 24.2 Å². The van der Waals surface area contributed by atoms with Crippen LogP contribution < -0.4 is 4.90 Å². The number of rotatable bonds is 4.